The van der Waals surface area contributed by atoms with E-state index in [0.29, 0.717) is 18.8 Å². The standard InChI is InChI=1S/C26H29N3O4S/c1-21(22-8-4-2-5-9-22)27-34(31,32)25-14-12-24(13-15-25)33-20-26(30)29-18-16-28(17-19-29)23-10-6-3-7-11-23/h2-15,21,27H,16-20H2,1H3/t21-/m1/s1. The van der Waals surface area contributed by atoms with Crippen molar-refractivity contribution in [2.24, 2.45) is 0 Å². The van der Waals surface area contributed by atoms with Crippen LogP contribution in [0, 0.1) is 0 Å². The Labute approximate surface area is 201 Å². The third kappa shape index (κ3) is 5.95. The number of rotatable bonds is 8. The molecule has 178 valence electrons. The smallest absolute Gasteiger partial charge is 0.260 e. The molecule has 4 rings (SSSR count). The average molecular weight is 480 g/mol. The van der Waals surface area contributed by atoms with Gasteiger partial charge >= 0.3 is 0 Å². The number of carbonyl (C=O) groups is 1. The normalized spacial score (nSPS) is 15.1. The summed E-state index contributed by atoms with van der Waals surface area (Å²) in [6, 6.07) is 25.3. The number of amides is 1. The molecule has 0 saturated carbocycles. The SMILES string of the molecule is C[C@@H](NS(=O)(=O)c1ccc(OCC(=O)N2CCN(c3ccccc3)CC2)cc1)c1ccccc1. The van der Waals surface area contributed by atoms with Gasteiger partial charge in [-0.25, -0.2) is 13.1 Å². The summed E-state index contributed by atoms with van der Waals surface area (Å²) in [7, 11) is -3.69. The van der Waals surface area contributed by atoms with Crippen molar-refractivity contribution in [3.63, 3.8) is 0 Å². The van der Waals surface area contributed by atoms with Crippen molar-refractivity contribution in [2.45, 2.75) is 17.9 Å². The number of sulfonamides is 1. The first-order valence-electron chi connectivity index (χ1n) is 11.3. The van der Waals surface area contributed by atoms with Crippen LogP contribution in [-0.4, -0.2) is 52.0 Å². The van der Waals surface area contributed by atoms with E-state index in [4.69, 9.17) is 4.74 Å². The predicted octanol–water partition coefficient (Wildman–Crippen LogP) is 3.45. The number of ether oxygens (including phenoxy) is 1. The molecule has 1 aliphatic rings. The van der Waals surface area contributed by atoms with Crippen molar-refractivity contribution in [1.82, 2.24) is 9.62 Å². The molecule has 7 nitrogen and oxygen atoms in total. The lowest BCUT2D eigenvalue weighted by Crippen LogP contribution is -2.50. The molecule has 1 N–H and O–H groups in total. The third-order valence-electron chi connectivity index (χ3n) is 5.88. The van der Waals surface area contributed by atoms with Crippen molar-refractivity contribution in [2.75, 3.05) is 37.7 Å². The number of benzene rings is 3. The third-order valence-corrected chi connectivity index (χ3v) is 7.44. The summed E-state index contributed by atoms with van der Waals surface area (Å²) in [5.41, 5.74) is 2.04. The summed E-state index contributed by atoms with van der Waals surface area (Å²) in [6.07, 6.45) is 0. The van der Waals surface area contributed by atoms with Gasteiger partial charge < -0.3 is 14.5 Å². The molecule has 3 aromatic rings. The molecule has 0 aromatic heterocycles. The monoisotopic (exact) mass is 479 g/mol. The van der Waals surface area contributed by atoms with Crippen LogP contribution >= 0.6 is 0 Å². The Kier molecular flexibility index (Phi) is 7.49. The second kappa shape index (κ2) is 10.7. The van der Waals surface area contributed by atoms with Crippen LogP contribution in [0.1, 0.15) is 18.5 Å². The van der Waals surface area contributed by atoms with Gasteiger partial charge in [0.2, 0.25) is 10.0 Å². The number of piperazine rings is 1. The van der Waals surface area contributed by atoms with Crippen molar-refractivity contribution >= 4 is 21.6 Å². The molecule has 1 saturated heterocycles. The van der Waals surface area contributed by atoms with Gasteiger partial charge in [-0.3, -0.25) is 4.79 Å². The minimum Gasteiger partial charge on any atom is -0.484 e. The van der Waals surface area contributed by atoms with Gasteiger partial charge in [0.1, 0.15) is 5.75 Å². The lowest BCUT2D eigenvalue weighted by Gasteiger charge is -2.36. The summed E-state index contributed by atoms with van der Waals surface area (Å²) >= 11 is 0. The van der Waals surface area contributed by atoms with Crippen LogP contribution in [-0.2, 0) is 14.8 Å². The number of nitrogens with zero attached hydrogens (tertiary/aromatic N) is 2. The molecule has 1 heterocycles. The Hall–Kier alpha value is -3.36. The molecule has 3 aromatic carbocycles. The van der Waals surface area contributed by atoms with Gasteiger partial charge in [-0.05, 0) is 48.9 Å². The summed E-state index contributed by atoms with van der Waals surface area (Å²) < 4.78 is 33.7. The van der Waals surface area contributed by atoms with E-state index in [2.05, 4.69) is 21.8 Å². The van der Waals surface area contributed by atoms with E-state index in [0.717, 1.165) is 24.3 Å². The van der Waals surface area contributed by atoms with Gasteiger partial charge in [-0.2, -0.15) is 0 Å². The Bertz CT molecular complexity index is 1180. The zero-order valence-corrected chi connectivity index (χ0v) is 19.9. The Balaban J connectivity index is 1.27. The molecule has 0 aliphatic carbocycles. The fourth-order valence-electron chi connectivity index (χ4n) is 3.91. The number of hydrogen-bond acceptors (Lipinski definition) is 5. The minimum absolute atomic E-state index is 0.0808. The van der Waals surface area contributed by atoms with Crippen LogP contribution in [0.25, 0.3) is 0 Å². The highest BCUT2D eigenvalue weighted by Crippen LogP contribution is 2.20. The molecule has 34 heavy (non-hydrogen) atoms. The zero-order valence-electron chi connectivity index (χ0n) is 19.1. The summed E-state index contributed by atoms with van der Waals surface area (Å²) in [6.45, 7) is 4.54. The summed E-state index contributed by atoms with van der Waals surface area (Å²) in [5.74, 6) is 0.370. The highest BCUT2D eigenvalue weighted by molar-refractivity contribution is 7.89. The summed E-state index contributed by atoms with van der Waals surface area (Å²) in [5, 5.41) is 0. The molecular formula is C26H29N3O4S. The topological polar surface area (TPSA) is 78.9 Å². The molecule has 8 heteroatoms. The van der Waals surface area contributed by atoms with E-state index in [9.17, 15) is 13.2 Å². The van der Waals surface area contributed by atoms with Crippen molar-refractivity contribution < 1.29 is 17.9 Å². The first-order chi connectivity index (χ1) is 16.4. The van der Waals surface area contributed by atoms with Crippen LogP contribution in [0.2, 0.25) is 0 Å². The molecule has 1 amide bonds. The fraction of sp³-hybridized carbons (Fsp3) is 0.269. The van der Waals surface area contributed by atoms with E-state index in [1.54, 1.807) is 24.0 Å². The first kappa shape index (κ1) is 23.8. The second-order valence-electron chi connectivity index (χ2n) is 8.22. The molecule has 0 spiro atoms. The molecular weight excluding hydrogens is 450 g/mol. The number of nitrogens with one attached hydrogen (secondary N) is 1. The van der Waals surface area contributed by atoms with Gasteiger partial charge in [0.05, 0.1) is 4.90 Å². The van der Waals surface area contributed by atoms with Gasteiger partial charge in [0, 0.05) is 37.9 Å². The summed E-state index contributed by atoms with van der Waals surface area (Å²) in [4.78, 5) is 16.8. The van der Waals surface area contributed by atoms with Crippen molar-refractivity contribution in [3.8, 4) is 5.75 Å². The van der Waals surface area contributed by atoms with Crippen LogP contribution in [0.4, 0.5) is 5.69 Å². The Morgan fingerprint density at radius 1 is 0.882 bits per heavy atom. The van der Waals surface area contributed by atoms with Gasteiger partial charge in [-0.1, -0.05) is 48.5 Å². The number of para-hydroxylation sites is 1. The number of carbonyl (C=O) groups excluding carboxylic acids is 1. The average Bonchev–Trinajstić information content (AvgIpc) is 2.88. The molecule has 0 radical (unpaired) electrons. The molecule has 1 fully saturated rings. The lowest BCUT2D eigenvalue weighted by atomic mass is 10.1. The maximum atomic E-state index is 12.7. The maximum absolute atomic E-state index is 12.7. The van der Waals surface area contributed by atoms with Gasteiger partial charge in [-0.15, -0.1) is 0 Å². The molecule has 1 atom stereocenters. The maximum Gasteiger partial charge on any atom is 0.260 e. The van der Waals surface area contributed by atoms with Gasteiger partial charge in [0.25, 0.3) is 5.91 Å². The van der Waals surface area contributed by atoms with E-state index < -0.39 is 10.0 Å². The molecule has 0 unspecified atom stereocenters. The van der Waals surface area contributed by atoms with E-state index in [-0.39, 0.29) is 23.5 Å². The van der Waals surface area contributed by atoms with E-state index >= 15 is 0 Å². The van der Waals surface area contributed by atoms with Crippen molar-refractivity contribution in [3.05, 3.63) is 90.5 Å². The highest BCUT2D eigenvalue weighted by atomic mass is 32.2. The number of hydrogen-bond donors (Lipinski definition) is 1. The van der Waals surface area contributed by atoms with Crippen molar-refractivity contribution in [1.29, 1.82) is 0 Å². The first-order valence-corrected chi connectivity index (χ1v) is 12.8. The van der Waals surface area contributed by atoms with E-state index in [1.165, 1.54) is 12.1 Å². The minimum atomic E-state index is -3.69. The second-order valence-corrected chi connectivity index (χ2v) is 9.93. The zero-order chi connectivity index (χ0) is 24.0. The van der Waals surface area contributed by atoms with Crippen LogP contribution < -0.4 is 14.4 Å². The predicted molar refractivity (Wildman–Crippen MR) is 132 cm³/mol. The largest absolute Gasteiger partial charge is 0.484 e. The van der Waals surface area contributed by atoms with Gasteiger partial charge in [0.15, 0.2) is 6.61 Å². The number of anilines is 1. The van der Waals surface area contributed by atoms with Crippen LogP contribution in [0.5, 0.6) is 5.75 Å². The van der Waals surface area contributed by atoms with E-state index in [1.807, 2.05) is 48.5 Å². The quantitative estimate of drug-likeness (QED) is 0.535. The fourth-order valence-corrected chi connectivity index (χ4v) is 5.15. The molecule has 1 aliphatic heterocycles. The Morgan fingerprint density at radius 3 is 2.09 bits per heavy atom. The lowest BCUT2D eigenvalue weighted by molar-refractivity contribution is -0.133. The highest BCUT2D eigenvalue weighted by Gasteiger charge is 2.22. The molecule has 0 bridgehead atoms. The van der Waals surface area contributed by atoms with Crippen LogP contribution in [0.15, 0.2) is 89.8 Å². The Morgan fingerprint density at radius 2 is 1.47 bits per heavy atom. The van der Waals surface area contributed by atoms with Crippen LogP contribution in [0.3, 0.4) is 0 Å².